The molecule has 1 aliphatic carbocycles. The van der Waals surface area contributed by atoms with Gasteiger partial charge in [0.2, 0.25) is 0 Å². The van der Waals surface area contributed by atoms with Crippen LogP contribution in [0, 0.1) is 0 Å². The van der Waals surface area contributed by atoms with Crippen molar-refractivity contribution in [3.05, 3.63) is 53.2 Å². The molecule has 3 aliphatic rings. The van der Waals surface area contributed by atoms with Crippen LogP contribution in [0.25, 0.3) is 11.3 Å². The van der Waals surface area contributed by atoms with E-state index in [2.05, 4.69) is 45.6 Å². The molecule has 2 aromatic rings. The Morgan fingerprint density at radius 1 is 1.06 bits per heavy atom. The predicted molar refractivity (Wildman–Crippen MR) is 132 cm³/mol. The van der Waals surface area contributed by atoms with Gasteiger partial charge in [0.1, 0.15) is 12.4 Å². The summed E-state index contributed by atoms with van der Waals surface area (Å²) in [6.45, 7) is 9.41. The number of ether oxygens (including phenoxy) is 2. The summed E-state index contributed by atoms with van der Waals surface area (Å²) in [5, 5.41) is 15.6. The van der Waals surface area contributed by atoms with Gasteiger partial charge in [-0.1, -0.05) is 0 Å². The Hall–Kier alpha value is -3.43. The number of benzene rings is 1. The fraction of sp³-hybridized carbons (Fsp3) is 0.423. The molecule has 2 N–H and O–H groups in total. The molecular formula is C26H31N3O6. The zero-order valence-corrected chi connectivity index (χ0v) is 19.9. The summed E-state index contributed by atoms with van der Waals surface area (Å²) in [6.07, 6.45) is 3.31. The van der Waals surface area contributed by atoms with E-state index in [9.17, 15) is 9.59 Å². The standard InChI is InChI=1S/C22H27N3O2.C4H4O4/c1-16-21-15-18-3-2-17-14-19(27-13-10-24-8-11-26-12-9-24)4-5-20(17)22(18)25(21)7-6-23-16;5-3(6)1-2-4(7)8/h4-5,14-15H,2-3,6-13H2,1H3;1-2H,(H,5,6)(H,7,8)/b;2-1+. The van der Waals surface area contributed by atoms with Crippen LogP contribution in [0.3, 0.4) is 0 Å². The number of aliphatic imine (C=N–C) groups is 1. The number of carboxylic acids is 2. The minimum absolute atomic E-state index is 0.558. The van der Waals surface area contributed by atoms with Gasteiger partial charge in [0, 0.05) is 43.9 Å². The number of hydrogen-bond donors (Lipinski definition) is 2. The van der Waals surface area contributed by atoms with Crippen molar-refractivity contribution in [2.24, 2.45) is 4.99 Å². The molecule has 1 aromatic heterocycles. The molecule has 35 heavy (non-hydrogen) atoms. The second kappa shape index (κ2) is 11.3. The van der Waals surface area contributed by atoms with E-state index < -0.39 is 11.9 Å². The molecule has 0 atom stereocenters. The summed E-state index contributed by atoms with van der Waals surface area (Å²) >= 11 is 0. The lowest BCUT2D eigenvalue weighted by atomic mass is 9.90. The van der Waals surface area contributed by atoms with Crippen LogP contribution >= 0.6 is 0 Å². The maximum atomic E-state index is 9.55. The van der Waals surface area contributed by atoms with Gasteiger partial charge < -0.3 is 24.3 Å². The fourth-order valence-electron chi connectivity index (χ4n) is 4.67. The van der Waals surface area contributed by atoms with Gasteiger partial charge in [-0.25, -0.2) is 9.59 Å². The number of morpholine rings is 1. The number of fused-ring (bicyclic) bond motifs is 5. The Kier molecular flexibility index (Phi) is 7.99. The van der Waals surface area contributed by atoms with Crippen LogP contribution in [0.15, 0.2) is 41.4 Å². The Bertz CT molecular complexity index is 1130. The quantitative estimate of drug-likeness (QED) is 0.610. The summed E-state index contributed by atoms with van der Waals surface area (Å²) in [5.74, 6) is -1.52. The van der Waals surface area contributed by atoms with Crippen molar-refractivity contribution in [1.29, 1.82) is 0 Å². The molecule has 5 rings (SSSR count). The van der Waals surface area contributed by atoms with Crippen LogP contribution in [0.4, 0.5) is 0 Å². The Morgan fingerprint density at radius 3 is 2.49 bits per heavy atom. The van der Waals surface area contributed by atoms with Crippen molar-refractivity contribution >= 4 is 17.7 Å². The van der Waals surface area contributed by atoms with Crippen molar-refractivity contribution in [1.82, 2.24) is 9.47 Å². The van der Waals surface area contributed by atoms with E-state index >= 15 is 0 Å². The van der Waals surface area contributed by atoms with Gasteiger partial charge in [0.05, 0.1) is 36.9 Å². The molecule has 1 aromatic carbocycles. The molecule has 0 radical (unpaired) electrons. The minimum atomic E-state index is -1.26. The second-order valence-corrected chi connectivity index (χ2v) is 8.65. The van der Waals surface area contributed by atoms with E-state index in [4.69, 9.17) is 19.7 Å². The summed E-state index contributed by atoms with van der Waals surface area (Å²) < 4.78 is 13.9. The Labute approximate surface area is 204 Å². The highest BCUT2D eigenvalue weighted by molar-refractivity contribution is 5.99. The normalized spacial score (nSPS) is 16.9. The predicted octanol–water partition coefficient (Wildman–Crippen LogP) is 2.50. The summed E-state index contributed by atoms with van der Waals surface area (Å²) in [7, 11) is 0. The average molecular weight is 482 g/mol. The van der Waals surface area contributed by atoms with E-state index in [1.807, 2.05) is 0 Å². The highest BCUT2D eigenvalue weighted by Gasteiger charge is 2.25. The van der Waals surface area contributed by atoms with E-state index in [0.717, 1.165) is 71.1 Å². The van der Waals surface area contributed by atoms with Gasteiger partial charge in [0.25, 0.3) is 0 Å². The van der Waals surface area contributed by atoms with Crippen molar-refractivity contribution < 1.29 is 29.3 Å². The van der Waals surface area contributed by atoms with E-state index in [-0.39, 0.29) is 0 Å². The molecule has 186 valence electrons. The van der Waals surface area contributed by atoms with Gasteiger partial charge in [0.15, 0.2) is 0 Å². The first kappa shape index (κ1) is 24.7. The summed E-state index contributed by atoms with van der Waals surface area (Å²) in [6, 6.07) is 8.99. The SMILES string of the molecule is CC1=NCCn2c1cc1c2-c2ccc(OCCN3CCOCC3)cc2CC1.O=C(O)/C=C/C(=O)O. The molecule has 9 heteroatoms. The highest BCUT2D eigenvalue weighted by atomic mass is 16.5. The van der Waals surface area contributed by atoms with Gasteiger partial charge in [-0.15, -0.1) is 0 Å². The monoisotopic (exact) mass is 481 g/mol. The smallest absolute Gasteiger partial charge is 0.328 e. The zero-order valence-electron chi connectivity index (χ0n) is 19.9. The molecule has 0 saturated carbocycles. The first-order chi connectivity index (χ1) is 16.9. The Balaban J connectivity index is 0.000000314. The van der Waals surface area contributed by atoms with Crippen molar-refractivity contribution in [2.45, 2.75) is 26.3 Å². The van der Waals surface area contributed by atoms with Crippen LogP contribution in [-0.4, -0.2) is 83.3 Å². The molecule has 0 bridgehead atoms. The van der Waals surface area contributed by atoms with Crippen LogP contribution in [0.5, 0.6) is 5.75 Å². The lowest BCUT2D eigenvalue weighted by molar-refractivity contribution is -0.134. The lowest BCUT2D eigenvalue weighted by Crippen LogP contribution is -2.38. The van der Waals surface area contributed by atoms with Crippen molar-refractivity contribution in [3.8, 4) is 17.0 Å². The highest BCUT2D eigenvalue weighted by Crippen LogP contribution is 2.38. The number of rotatable bonds is 6. The van der Waals surface area contributed by atoms with E-state index in [1.54, 1.807) is 0 Å². The second-order valence-electron chi connectivity index (χ2n) is 8.65. The number of aromatic nitrogens is 1. The van der Waals surface area contributed by atoms with Crippen LogP contribution in [0.1, 0.15) is 23.7 Å². The van der Waals surface area contributed by atoms with E-state index in [0.29, 0.717) is 12.2 Å². The Morgan fingerprint density at radius 2 is 1.77 bits per heavy atom. The number of nitrogens with zero attached hydrogens (tertiary/aromatic N) is 3. The molecule has 9 nitrogen and oxygen atoms in total. The van der Waals surface area contributed by atoms with Gasteiger partial charge in [-0.05, 0) is 55.2 Å². The number of carbonyl (C=O) groups is 2. The third-order valence-corrected chi connectivity index (χ3v) is 6.36. The summed E-state index contributed by atoms with van der Waals surface area (Å²) in [5.41, 5.74) is 8.12. The van der Waals surface area contributed by atoms with Gasteiger partial charge >= 0.3 is 11.9 Å². The molecule has 2 aliphatic heterocycles. The third-order valence-electron chi connectivity index (χ3n) is 6.36. The lowest BCUT2D eigenvalue weighted by Gasteiger charge is -2.26. The largest absolute Gasteiger partial charge is 0.492 e. The first-order valence-electron chi connectivity index (χ1n) is 11.9. The minimum Gasteiger partial charge on any atom is -0.492 e. The number of carboxylic acid groups (broad SMARTS) is 2. The average Bonchev–Trinajstić information content (AvgIpc) is 3.24. The number of hydrogen-bond acceptors (Lipinski definition) is 6. The van der Waals surface area contributed by atoms with Crippen LogP contribution in [-0.2, 0) is 33.7 Å². The summed E-state index contributed by atoms with van der Waals surface area (Å²) in [4.78, 5) is 26.1. The maximum Gasteiger partial charge on any atom is 0.328 e. The fourth-order valence-corrected chi connectivity index (χ4v) is 4.67. The zero-order chi connectivity index (χ0) is 24.8. The third kappa shape index (κ3) is 6.17. The van der Waals surface area contributed by atoms with Crippen LogP contribution in [0.2, 0.25) is 0 Å². The van der Waals surface area contributed by atoms with Crippen molar-refractivity contribution in [2.75, 3.05) is 46.0 Å². The molecule has 0 amide bonds. The molecule has 3 heterocycles. The molecule has 0 unspecified atom stereocenters. The molecule has 1 saturated heterocycles. The maximum absolute atomic E-state index is 9.55. The van der Waals surface area contributed by atoms with Gasteiger partial charge in [-0.2, -0.15) is 0 Å². The molecular weight excluding hydrogens is 450 g/mol. The molecule has 0 spiro atoms. The van der Waals surface area contributed by atoms with Gasteiger partial charge in [-0.3, -0.25) is 9.89 Å². The first-order valence-corrected chi connectivity index (χ1v) is 11.9. The number of aryl methyl sites for hydroxylation is 2. The van der Waals surface area contributed by atoms with Crippen molar-refractivity contribution in [3.63, 3.8) is 0 Å². The number of aliphatic carboxylic acids is 2. The van der Waals surface area contributed by atoms with Crippen LogP contribution < -0.4 is 4.74 Å². The van der Waals surface area contributed by atoms with E-state index in [1.165, 1.54) is 33.8 Å². The topological polar surface area (TPSA) is 114 Å². The molecule has 1 fully saturated rings.